The second kappa shape index (κ2) is 6.33. The predicted octanol–water partition coefficient (Wildman–Crippen LogP) is -2.45. The Balaban J connectivity index is 0.00000128. The number of rotatable bonds is 2. The van der Waals surface area contributed by atoms with Crippen LogP contribution in [0.3, 0.4) is 0 Å². The van der Waals surface area contributed by atoms with Crippen molar-refractivity contribution >= 4 is 14.0 Å². The van der Waals surface area contributed by atoms with Crippen molar-refractivity contribution in [3.63, 3.8) is 0 Å². The van der Waals surface area contributed by atoms with Crippen LogP contribution in [0.25, 0.3) is 0 Å². The average Bonchev–Trinajstić information content (AvgIpc) is 2.30. The largest absolute Gasteiger partial charge is 1.00 e. The molecule has 0 spiro atoms. The molecule has 1 saturated heterocycles. The Morgan fingerprint density at radius 2 is 1.94 bits per heavy atom. The normalized spacial score (nSPS) is 26.9. The molecule has 0 amide bonds. The van der Waals surface area contributed by atoms with Crippen molar-refractivity contribution in [3.8, 4) is 0 Å². The first-order chi connectivity index (χ1) is 7.22. The second-order valence-electron chi connectivity index (χ2n) is 4.25. The van der Waals surface area contributed by atoms with E-state index < -0.39 is 14.2 Å². The monoisotopic (exact) mass is 244 g/mol. The molecule has 1 fully saturated rings. The molecule has 4 heteroatoms. The molecule has 1 aliphatic rings. The molecule has 0 saturated carbocycles. The molecule has 2 atom stereocenters. The molecule has 1 heterocycles. The zero-order chi connectivity index (χ0) is 10.7. The Hall–Kier alpha value is 0.357. The minimum Gasteiger partial charge on any atom is -0.831 e. The molecule has 1 aromatic carbocycles. The Bertz CT molecular complexity index is 312. The Morgan fingerprint density at radius 3 is 2.50 bits per heavy atom. The van der Waals surface area contributed by atoms with Crippen LogP contribution in [-0.2, 0) is 4.74 Å². The summed E-state index contributed by atoms with van der Waals surface area (Å²) in [6.45, 7) is 2.75. The number of benzene rings is 1. The molecular weight excluding hydrogens is 227 g/mol. The molecule has 2 rings (SSSR count). The smallest absolute Gasteiger partial charge is 0.831 e. The topological polar surface area (TPSA) is 32.3 Å². The van der Waals surface area contributed by atoms with Crippen LogP contribution >= 0.6 is 0 Å². The minimum absolute atomic E-state index is 0. The summed E-state index contributed by atoms with van der Waals surface area (Å²) in [6, 6.07) is 10.1. The van der Waals surface area contributed by atoms with Gasteiger partial charge in [-0.2, -0.15) is 0 Å². The van der Waals surface area contributed by atoms with Gasteiger partial charge in [-0.15, -0.1) is 0 Å². The van der Waals surface area contributed by atoms with Crippen molar-refractivity contribution in [1.82, 2.24) is 0 Å². The van der Waals surface area contributed by atoms with Crippen molar-refractivity contribution in [2.24, 2.45) is 0 Å². The van der Waals surface area contributed by atoms with Crippen LogP contribution in [0, 0.1) is 0 Å². The van der Waals surface area contributed by atoms with E-state index in [-0.39, 0.29) is 29.6 Å². The van der Waals surface area contributed by atoms with Gasteiger partial charge in [-0.05, 0) is 18.3 Å². The van der Waals surface area contributed by atoms with E-state index in [4.69, 9.17) is 4.74 Å². The summed E-state index contributed by atoms with van der Waals surface area (Å²) < 4.78 is 5.49. The van der Waals surface area contributed by atoms with Gasteiger partial charge < -0.3 is 9.84 Å². The molecular formula is C12H17NaO2Si. The first-order valence-electron chi connectivity index (χ1n) is 5.62. The van der Waals surface area contributed by atoms with Crippen molar-refractivity contribution in [1.29, 1.82) is 0 Å². The van der Waals surface area contributed by atoms with E-state index >= 15 is 0 Å². The Labute approximate surface area is 121 Å². The van der Waals surface area contributed by atoms with E-state index in [9.17, 15) is 5.11 Å². The summed E-state index contributed by atoms with van der Waals surface area (Å²) in [7, 11) is -1.53. The maximum Gasteiger partial charge on any atom is 1.00 e. The fourth-order valence-corrected chi connectivity index (χ4v) is 4.44. The zero-order valence-electron chi connectivity index (χ0n) is 10.1. The van der Waals surface area contributed by atoms with Gasteiger partial charge in [-0.1, -0.05) is 48.5 Å². The van der Waals surface area contributed by atoms with E-state index in [0.717, 1.165) is 12.8 Å². The maximum atomic E-state index is 12.5. The summed E-state index contributed by atoms with van der Waals surface area (Å²) in [5.74, 6) is 0. The van der Waals surface area contributed by atoms with Crippen LogP contribution in [0.15, 0.2) is 30.3 Å². The van der Waals surface area contributed by atoms with Crippen molar-refractivity contribution in [2.75, 3.05) is 6.61 Å². The third-order valence-electron chi connectivity index (χ3n) is 3.23. The van der Waals surface area contributed by atoms with Crippen LogP contribution in [0.4, 0.5) is 0 Å². The molecule has 82 valence electrons. The summed E-state index contributed by atoms with van der Waals surface area (Å²) in [5.41, 5.74) is -1.07. The minimum atomic E-state index is -1.53. The third-order valence-corrected chi connectivity index (χ3v) is 6.38. The molecule has 0 aromatic heterocycles. The fraction of sp³-hybridized carbons (Fsp3) is 0.500. The standard InChI is InChI=1S/C12H17O2Si.Na/c1-15(11-7-3-2-4-8-11)12(13)9-5-6-10-14-12;/h2-4,7-8,15H,5-6,9-10H2,1H3;/q-1;+1. The van der Waals surface area contributed by atoms with Gasteiger partial charge in [0.2, 0.25) is 0 Å². The fourth-order valence-electron chi connectivity index (χ4n) is 2.13. The van der Waals surface area contributed by atoms with Gasteiger partial charge in [-0.25, -0.2) is 0 Å². The Morgan fingerprint density at radius 1 is 1.25 bits per heavy atom. The van der Waals surface area contributed by atoms with Gasteiger partial charge in [-0.3, -0.25) is 0 Å². The first-order valence-corrected chi connectivity index (χ1v) is 7.93. The van der Waals surface area contributed by atoms with E-state index in [2.05, 4.69) is 18.7 Å². The maximum absolute atomic E-state index is 12.5. The van der Waals surface area contributed by atoms with Crippen molar-refractivity contribution < 1.29 is 39.4 Å². The van der Waals surface area contributed by atoms with E-state index in [0.29, 0.717) is 13.0 Å². The third kappa shape index (κ3) is 3.19. The molecule has 0 N–H and O–H groups in total. The van der Waals surface area contributed by atoms with E-state index in [1.54, 1.807) is 0 Å². The SMILES string of the molecule is C[SiH](c1ccccc1)C1([O-])CCCCO1.[Na+]. The molecule has 16 heavy (non-hydrogen) atoms. The molecule has 0 radical (unpaired) electrons. The summed E-state index contributed by atoms with van der Waals surface area (Å²) in [5, 5.41) is 13.7. The number of hydrogen-bond acceptors (Lipinski definition) is 2. The average molecular weight is 244 g/mol. The van der Waals surface area contributed by atoms with E-state index in [1.165, 1.54) is 5.19 Å². The second-order valence-corrected chi connectivity index (χ2v) is 7.24. The molecule has 2 nitrogen and oxygen atoms in total. The summed E-state index contributed by atoms with van der Waals surface area (Å²) >= 11 is 0. The van der Waals surface area contributed by atoms with Crippen molar-refractivity contribution in [2.45, 2.75) is 31.2 Å². The van der Waals surface area contributed by atoms with Crippen LogP contribution in [0.5, 0.6) is 0 Å². The quantitative estimate of drug-likeness (QED) is 0.541. The van der Waals surface area contributed by atoms with Crippen LogP contribution in [-0.4, -0.2) is 20.8 Å². The first kappa shape index (κ1) is 14.4. The van der Waals surface area contributed by atoms with Gasteiger partial charge in [0, 0.05) is 6.61 Å². The number of hydrogen-bond donors (Lipinski definition) is 0. The van der Waals surface area contributed by atoms with Crippen LogP contribution < -0.4 is 39.9 Å². The van der Waals surface area contributed by atoms with Gasteiger partial charge in [0.25, 0.3) is 0 Å². The van der Waals surface area contributed by atoms with Crippen LogP contribution in [0.1, 0.15) is 19.3 Å². The molecule has 0 aliphatic carbocycles. The van der Waals surface area contributed by atoms with Gasteiger partial charge >= 0.3 is 29.6 Å². The summed E-state index contributed by atoms with van der Waals surface area (Å²) in [6.07, 6.45) is 2.75. The molecule has 2 unspecified atom stereocenters. The molecule has 0 bridgehead atoms. The van der Waals surface area contributed by atoms with Gasteiger partial charge in [0.05, 0.1) is 8.80 Å². The van der Waals surface area contributed by atoms with Gasteiger partial charge in [0.15, 0.2) is 0 Å². The van der Waals surface area contributed by atoms with Crippen LogP contribution in [0.2, 0.25) is 6.55 Å². The molecule has 1 aliphatic heterocycles. The predicted molar refractivity (Wildman–Crippen MR) is 61.6 cm³/mol. The molecule has 1 aromatic rings. The van der Waals surface area contributed by atoms with Gasteiger partial charge in [0.1, 0.15) is 0 Å². The summed E-state index contributed by atoms with van der Waals surface area (Å²) in [4.78, 5) is 0. The van der Waals surface area contributed by atoms with E-state index in [1.807, 2.05) is 18.2 Å². The zero-order valence-corrected chi connectivity index (χ0v) is 13.3. The van der Waals surface area contributed by atoms with Crippen molar-refractivity contribution in [3.05, 3.63) is 30.3 Å². The Kier molecular flexibility index (Phi) is 5.71. The number of ether oxygens (including phenoxy) is 1.